The van der Waals surface area contributed by atoms with Gasteiger partial charge in [0, 0.05) is 12.5 Å². The summed E-state index contributed by atoms with van der Waals surface area (Å²) >= 11 is 0. The molecular weight excluding hydrogens is 144 g/mol. The number of hydrogen-bond acceptors (Lipinski definition) is 3. The summed E-state index contributed by atoms with van der Waals surface area (Å²) in [5.74, 6) is -0.406. The molecule has 1 aliphatic heterocycles. The zero-order valence-electron chi connectivity index (χ0n) is 6.41. The average Bonchev–Trinajstić information content (AvgIpc) is 2.06. The zero-order chi connectivity index (χ0) is 8.10. The van der Waals surface area contributed by atoms with E-state index < -0.39 is 5.97 Å². The molecule has 0 amide bonds. The predicted octanol–water partition coefficient (Wildman–Crippen LogP) is 1.24. The SMILES string of the molecule is C=CC(=O)OC1CCCCO1. The molecule has 1 saturated heterocycles. The Balaban J connectivity index is 2.24. The van der Waals surface area contributed by atoms with Crippen LogP contribution in [-0.2, 0) is 14.3 Å². The minimum atomic E-state index is -0.406. The van der Waals surface area contributed by atoms with E-state index in [9.17, 15) is 4.79 Å². The molecule has 0 aliphatic carbocycles. The van der Waals surface area contributed by atoms with Gasteiger partial charge in [0.2, 0.25) is 6.29 Å². The summed E-state index contributed by atoms with van der Waals surface area (Å²) in [5.41, 5.74) is 0. The zero-order valence-corrected chi connectivity index (χ0v) is 6.41. The lowest BCUT2D eigenvalue weighted by atomic mass is 10.2. The highest BCUT2D eigenvalue weighted by Crippen LogP contribution is 2.13. The van der Waals surface area contributed by atoms with Gasteiger partial charge in [0.15, 0.2) is 0 Å². The van der Waals surface area contributed by atoms with Crippen LogP contribution >= 0.6 is 0 Å². The smallest absolute Gasteiger partial charge is 0.332 e. The van der Waals surface area contributed by atoms with Gasteiger partial charge < -0.3 is 9.47 Å². The lowest BCUT2D eigenvalue weighted by Gasteiger charge is -2.21. The van der Waals surface area contributed by atoms with Crippen molar-refractivity contribution in [3.8, 4) is 0 Å². The van der Waals surface area contributed by atoms with Gasteiger partial charge in [-0.15, -0.1) is 0 Å². The highest BCUT2D eigenvalue weighted by molar-refractivity contribution is 5.81. The Morgan fingerprint density at radius 3 is 3.00 bits per heavy atom. The van der Waals surface area contributed by atoms with Crippen LogP contribution in [0.5, 0.6) is 0 Å². The molecule has 62 valence electrons. The molecule has 0 aromatic rings. The first kappa shape index (κ1) is 8.27. The van der Waals surface area contributed by atoms with Gasteiger partial charge in [-0.3, -0.25) is 0 Å². The van der Waals surface area contributed by atoms with E-state index in [0.717, 1.165) is 25.3 Å². The first-order valence-corrected chi connectivity index (χ1v) is 3.77. The molecule has 1 aliphatic rings. The number of carbonyl (C=O) groups is 1. The first-order valence-electron chi connectivity index (χ1n) is 3.77. The Morgan fingerprint density at radius 2 is 2.45 bits per heavy atom. The summed E-state index contributed by atoms with van der Waals surface area (Å²) < 4.78 is 10.0. The number of rotatable bonds is 2. The van der Waals surface area contributed by atoms with E-state index >= 15 is 0 Å². The summed E-state index contributed by atoms with van der Waals surface area (Å²) in [6.45, 7) is 3.99. The molecule has 3 heteroatoms. The van der Waals surface area contributed by atoms with Gasteiger partial charge in [-0.2, -0.15) is 0 Å². The van der Waals surface area contributed by atoms with Gasteiger partial charge in [0.05, 0.1) is 6.61 Å². The van der Waals surface area contributed by atoms with E-state index in [1.165, 1.54) is 0 Å². The molecule has 0 N–H and O–H groups in total. The third-order valence-electron chi connectivity index (χ3n) is 1.55. The van der Waals surface area contributed by atoms with Gasteiger partial charge in [0.1, 0.15) is 0 Å². The minimum absolute atomic E-state index is 0.339. The molecule has 0 radical (unpaired) electrons. The predicted molar refractivity (Wildman–Crippen MR) is 39.9 cm³/mol. The van der Waals surface area contributed by atoms with Gasteiger partial charge in [-0.25, -0.2) is 4.79 Å². The Hall–Kier alpha value is -0.830. The maximum Gasteiger partial charge on any atom is 0.332 e. The van der Waals surface area contributed by atoms with Crippen molar-refractivity contribution in [1.29, 1.82) is 0 Å². The Bertz CT molecular complexity index is 147. The second kappa shape index (κ2) is 4.13. The van der Waals surface area contributed by atoms with Crippen LogP contribution in [-0.4, -0.2) is 18.9 Å². The van der Waals surface area contributed by atoms with Crippen molar-refractivity contribution in [2.75, 3.05) is 6.61 Å². The number of esters is 1. The molecular formula is C8H12O3. The van der Waals surface area contributed by atoms with Gasteiger partial charge in [0.25, 0.3) is 0 Å². The van der Waals surface area contributed by atoms with E-state index in [4.69, 9.17) is 9.47 Å². The number of hydrogen-bond donors (Lipinski definition) is 0. The molecule has 0 saturated carbocycles. The molecule has 0 aromatic carbocycles. The van der Waals surface area contributed by atoms with Crippen LogP contribution < -0.4 is 0 Å². The molecule has 1 fully saturated rings. The number of ether oxygens (including phenoxy) is 2. The fourth-order valence-electron chi connectivity index (χ4n) is 0.982. The third-order valence-corrected chi connectivity index (χ3v) is 1.55. The number of carbonyl (C=O) groups excluding carboxylic acids is 1. The van der Waals surface area contributed by atoms with Crippen LogP contribution in [0.15, 0.2) is 12.7 Å². The topological polar surface area (TPSA) is 35.5 Å². The summed E-state index contributed by atoms with van der Waals surface area (Å²) in [6.07, 6.45) is 3.74. The Morgan fingerprint density at radius 1 is 1.64 bits per heavy atom. The summed E-state index contributed by atoms with van der Waals surface area (Å²) in [6, 6.07) is 0. The Labute approximate surface area is 66.0 Å². The molecule has 1 heterocycles. The van der Waals surface area contributed by atoms with E-state index in [1.54, 1.807) is 0 Å². The van der Waals surface area contributed by atoms with Crippen LogP contribution in [0.25, 0.3) is 0 Å². The van der Waals surface area contributed by atoms with E-state index in [-0.39, 0.29) is 6.29 Å². The molecule has 0 spiro atoms. The van der Waals surface area contributed by atoms with Gasteiger partial charge in [-0.1, -0.05) is 6.58 Å². The quantitative estimate of drug-likeness (QED) is 0.445. The summed E-state index contributed by atoms with van der Waals surface area (Å²) in [7, 11) is 0. The fourth-order valence-corrected chi connectivity index (χ4v) is 0.982. The minimum Gasteiger partial charge on any atom is -0.433 e. The van der Waals surface area contributed by atoms with Crippen molar-refractivity contribution in [1.82, 2.24) is 0 Å². The van der Waals surface area contributed by atoms with Crippen LogP contribution in [0.2, 0.25) is 0 Å². The van der Waals surface area contributed by atoms with Crippen molar-refractivity contribution in [3.05, 3.63) is 12.7 Å². The fraction of sp³-hybridized carbons (Fsp3) is 0.625. The highest BCUT2D eigenvalue weighted by Gasteiger charge is 2.16. The van der Waals surface area contributed by atoms with Crippen molar-refractivity contribution in [3.63, 3.8) is 0 Å². The average molecular weight is 156 g/mol. The first-order chi connectivity index (χ1) is 5.33. The summed E-state index contributed by atoms with van der Waals surface area (Å²) in [4.78, 5) is 10.7. The third kappa shape index (κ3) is 2.72. The maximum absolute atomic E-state index is 10.7. The lowest BCUT2D eigenvalue weighted by molar-refractivity contribution is -0.181. The van der Waals surface area contributed by atoms with Crippen molar-refractivity contribution >= 4 is 5.97 Å². The van der Waals surface area contributed by atoms with Crippen molar-refractivity contribution in [2.45, 2.75) is 25.6 Å². The second-order valence-corrected chi connectivity index (χ2v) is 2.44. The van der Waals surface area contributed by atoms with E-state index in [0.29, 0.717) is 6.61 Å². The van der Waals surface area contributed by atoms with Gasteiger partial charge in [-0.05, 0) is 12.8 Å². The molecule has 0 bridgehead atoms. The molecule has 1 atom stereocenters. The van der Waals surface area contributed by atoms with Gasteiger partial charge >= 0.3 is 5.97 Å². The van der Waals surface area contributed by atoms with Crippen LogP contribution in [0.4, 0.5) is 0 Å². The standard InChI is InChI=1S/C8H12O3/c1-2-7(9)11-8-5-3-4-6-10-8/h2,8H,1,3-6H2. The van der Waals surface area contributed by atoms with Crippen molar-refractivity contribution in [2.24, 2.45) is 0 Å². The highest BCUT2D eigenvalue weighted by atomic mass is 16.7. The molecule has 11 heavy (non-hydrogen) atoms. The lowest BCUT2D eigenvalue weighted by Crippen LogP contribution is -2.24. The normalized spacial score (nSPS) is 24.2. The van der Waals surface area contributed by atoms with Crippen molar-refractivity contribution < 1.29 is 14.3 Å². The van der Waals surface area contributed by atoms with Crippen LogP contribution in [0.1, 0.15) is 19.3 Å². The Kier molecular flexibility index (Phi) is 3.11. The largest absolute Gasteiger partial charge is 0.433 e. The van der Waals surface area contributed by atoms with Crippen LogP contribution in [0.3, 0.4) is 0 Å². The molecule has 0 aromatic heterocycles. The second-order valence-electron chi connectivity index (χ2n) is 2.44. The molecule has 3 nitrogen and oxygen atoms in total. The maximum atomic E-state index is 10.7. The molecule has 1 rings (SSSR count). The van der Waals surface area contributed by atoms with E-state index in [1.807, 2.05) is 0 Å². The van der Waals surface area contributed by atoms with E-state index in [2.05, 4.69) is 6.58 Å². The molecule has 1 unspecified atom stereocenters. The van der Waals surface area contributed by atoms with Crippen LogP contribution in [0, 0.1) is 0 Å². The monoisotopic (exact) mass is 156 g/mol. The summed E-state index contributed by atoms with van der Waals surface area (Å²) in [5, 5.41) is 0.